The van der Waals surface area contributed by atoms with E-state index < -0.39 is 0 Å². The molecule has 5 heteroatoms. The van der Waals surface area contributed by atoms with Crippen molar-refractivity contribution in [2.45, 2.75) is 45.1 Å². The minimum atomic E-state index is 0.507. The number of rotatable bonds is 5. The van der Waals surface area contributed by atoms with Crippen molar-refractivity contribution in [1.82, 2.24) is 9.36 Å². The Bertz CT molecular complexity index is 326. The monoisotopic (exact) mass is 240 g/mol. The molecule has 2 atom stereocenters. The third-order valence-corrected chi connectivity index (χ3v) is 3.90. The van der Waals surface area contributed by atoms with E-state index in [9.17, 15) is 0 Å². The number of hydrogen-bond donors (Lipinski definition) is 2. The van der Waals surface area contributed by atoms with Crippen LogP contribution in [0, 0.1) is 5.92 Å². The summed E-state index contributed by atoms with van der Waals surface area (Å²) in [4.78, 5) is 4.49. The van der Waals surface area contributed by atoms with E-state index >= 15 is 0 Å². The Labute approximate surface area is 101 Å². The molecule has 0 spiro atoms. The van der Waals surface area contributed by atoms with Gasteiger partial charge in [-0.25, -0.2) is 4.98 Å². The van der Waals surface area contributed by atoms with Crippen LogP contribution in [0.1, 0.15) is 38.4 Å². The van der Waals surface area contributed by atoms with Crippen LogP contribution in [0.3, 0.4) is 0 Å². The van der Waals surface area contributed by atoms with E-state index in [1.807, 2.05) is 0 Å². The van der Waals surface area contributed by atoms with Crippen LogP contribution in [-0.2, 0) is 6.42 Å². The Kier molecular flexibility index (Phi) is 4.12. The predicted octanol–water partition coefficient (Wildman–Crippen LogP) is 2.03. The van der Waals surface area contributed by atoms with Crippen LogP contribution in [0.15, 0.2) is 0 Å². The highest BCUT2D eigenvalue weighted by Crippen LogP contribution is 2.28. The minimum absolute atomic E-state index is 0.507. The number of nitrogens with two attached hydrogens (primary N) is 1. The third-order valence-electron chi connectivity index (χ3n) is 3.21. The average Bonchev–Trinajstić information content (AvgIpc) is 2.89. The largest absolute Gasteiger partial charge is 0.357 e. The summed E-state index contributed by atoms with van der Waals surface area (Å²) in [6.45, 7) is 2.92. The molecule has 1 aliphatic carbocycles. The van der Waals surface area contributed by atoms with Gasteiger partial charge in [0.1, 0.15) is 5.82 Å². The normalized spacial score (nSPS) is 24.9. The summed E-state index contributed by atoms with van der Waals surface area (Å²) in [6, 6.07) is 0.507. The van der Waals surface area contributed by atoms with Gasteiger partial charge in [-0.2, -0.15) is 4.37 Å². The van der Waals surface area contributed by atoms with Crippen molar-refractivity contribution in [3.05, 3.63) is 5.82 Å². The van der Waals surface area contributed by atoms with E-state index in [4.69, 9.17) is 5.73 Å². The molecule has 1 aliphatic rings. The maximum absolute atomic E-state index is 5.76. The van der Waals surface area contributed by atoms with Crippen LogP contribution in [0.2, 0.25) is 0 Å². The van der Waals surface area contributed by atoms with E-state index in [2.05, 4.69) is 21.6 Å². The molecular formula is C11H20N4S. The average molecular weight is 240 g/mol. The first-order valence-electron chi connectivity index (χ1n) is 6.12. The molecule has 1 heterocycles. The minimum Gasteiger partial charge on any atom is -0.357 e. The van der Waals surface area contributed by atoms with Crippen LogP contribution in [0.4, 0.5) is 5.13 Å². The molecule has 1 aromatic rings. The summed E-state index contributed by atoms with van der Waals surface area (Å²) >= 11 is 1.48. The predicted molar refractivity (Wildman–Crippen MR) is 67.7 cm³/mol. The molecule has 1 saturated carbocycles. The lowest BCUT2D eigenvalue weighted by atomic mass is 10.0. The molecule has 90 valence electrons. The molecule has 1 fully saturated rings. The fourth-order valence-corrected chi connectivity index (χ4v) is 2.98. The number of aryl methyl sites for hydroxylation is 1. The summed E-state index contributed by atoms with van der Waals surface area (Å²) in [7, 11) is 0. The molecule has 2 rings (SSSR count). The highest BCUT2D eigenvalue weighted by molar-refractivity contribution is 7.09. The maximum atomic E-state index is 5.76. The lowest BCUT2D eigenvalue weighted by Gasteiger charge is -2.18. The summed E-state index contributed by atoms with van der Waals surface area (Å²) in [6.07, 6.45) is 5.81. The van der Waals surface area contributed by atoms with Gasteiger partial charge < -0.3 is 11.1 Å². The zero-order valence-corrected chi connectivity index (χ0v) is 10.6. The number of hydrogen-bond acceptors (Lipinski definition) is 5. The van der Waals surface area contributed by atoms with Crippen LogP contribution < -0.4 is 11.1 Å². The smallest absolute Gasteiger partial charge is 0.202 e. The summed E-state index contributed by atoms with van der Waals surface area (Å²) in [5, 5.41) is 4.45. The second kappa shape index (κ2) is 5.59. The molecule has 0 bridgehead atoms. The molecule has 0 aromatic carbocycles. The second-order valence-corrected chi connectivity index (χ2v) is 5.20. The lowest BCUT2D eigenvalue weighted by Crippen LogP contribution is -2.29. The van der Waals surface area contributed by atoms with Crippen molar-refractivity contribution in [3.63, 3.8) is 0 Å². The number of aromatic nitrogens is 2. The van der Waals surface area contributed by atoms with E-state index in [1.165, 1.54) is 30.8 Å². The molecule has 3 N–H and O–H groups in total. The van der Waals surface area contributed by atoms with Crippen LogP contribution in [0.25, 0.3) is 0 Å². The van der Waals surface area contributed by atoms with Crippen molar-refractivity contribution >= 4 is 16.7 Å². The molecule has 0 saturated heterocycles. The summed E-state index contributed by atoms with van der Waals surface area (Å²) in [5.41, 5.74) is 5.76. The fraction of sp³-hybridized carbons (Fsp3) is 0.818. The Morgan fingerprint density at radius 1 is 1.50 bits per heavy atom. The van der Waals surface area contributed by atoms with E-state index in [0.29, 0.717) is 12.0 Å². The topological polar surface area (TPSA) is 63.8 Å². The molecule has 0 amide bonds. The van der Waals surface area contributed by atoms with Crippen molar-refractivity contribution < 1.29 is 0 Å². The molecule has 2 unspecified atom stereocenters. The third kappa shape index (κ3) is 2.71. The van der Waals surface area contributed by atoms with Gasteiger partial charge in [-0.3, -0.25) is 0 Å². The quantitative estimate of drug-likeness (QED) is 0.826. The molecule has 0 aliphatic heterocycles. The highest BCUT2D eigenvalue weighted by atomic mass is 32.1. The maximum Gasteiger partial charge on any atom is 0.202 e. The van der Waals surface area contributed by atoms with Gasteiger partial charge in [0.05, 0.1) is 0 Å². The highest BCUT2D eigenvalue weighted by Gasteiger charge is 2.26. The number of nitrogens with one attached hydrogen (secondary N) is 1. The Hall–Kier alpha value is -0.680. The standard InChI is InChI=1S/C11H20N4S/c1-2-4-10-14-11(16-15-10)13-9-6-3-5-8(9)7-12/h8-9H,2-7,12H2,1H3,(H,13,14,15). The van der Waals surface area contributed by atoms with Gasteiger partial charge in [-0.15, -0.1) is 0 Å². The van der Waals surface area contributed by atoms with Gasteiger partial charge >= 0.3 is 0 Å². The Morgan fingerprint density at radius 2 is 2.38 bits per heavy atom. The van der Waals surface area contributed by atoms with Gasteiger partial charge in [0.15, 0.2) is 0 Å². The molecule has 1 aromatic heterocycles. The molecule has 0 radical (unpaired) electrons. The van der Waals surface area contributed by atoms with Gasteiger partial charge in [-0.05, 0) is 31.7 Å². The Morgan fingerprint density at radius 3 is 3.12 bits per heavy atom. The van der Waals surface area contributed by atoms with Gasteiger partial charge in [0, 0.05) is 24.0 Å². The van der Waals surface area contributed by atoms with E-state index in [0.717, 1.165) is 30.3 Å². The van der Waals surface area contributed by atoms with Gasteiger partial charge in [-0.1, -0.05) is 13.3 Å². The van der Waals surface area contributed by atoms with Crippen molar-refractivity contribution in [3.8, 4) is 0 Å². The van der Waals surface area contributed by atoms with Gasteiger partial charge in [0.25, 0.3) is 0 Å². The van der Waals surface area contributed by atoms with Crippen LogP contribution >= 0.6 is 11.5 Å². The van der Waals surface area contributed by atoms with Crippen molar-refractivity contribution in [1.29, 1.82) is 0 Å². The SMILES string of the molecule is CCCc1nsc(NC2CCCC2CN)n1. The zero-order valence-electron chi connectivity index (χ0n) is 9.78. The fourth-order valence-electron chi connectivity index (χ4n) is 2.31. The number of anilines is 1. The first-order chi connectivity index (χ1) is 7.83. The van der Waals surface area contributed by atoms with Crippen LogP contribution in [0.5, 0.6) is 0 Å². The van der Waals surface area contributed by atoms with Crippen LogP contribution in [-0.4, -0.2) is 21.9 Å². The molecule has 4 nitrogen and oxygen atoms in total. The van der Waals surface area contributed by atoms with E-state index in [-0.39, 0.29) is 0 Å². The van der Waals surface area contributed by atoms with E-state index in [1.54, 1.807) is 0 Å². The first kappa shape index (κ1) is 11.8. The first-order valence-corrected chi connectivity index (χ1v) is 6.90. The summed E-state index contributed by atoms with van der Waals surface area (Å²) in [5.74, 6) is 1.58. The number of nitrogens with zero attached hydrogens (tertiary/aromatic N) is 2. The van der Waals surface area contributed by atoms with Crippen molar-refractivity contribution in [2.75, 3.05) is 11.9 Å². The Balaban J connectivity index is 1.92. The lowest BCUT2D eigenvalue weighted by molar-refractivity contribution is 0.516. The molecule has 16 heavy (non-hydrogen) atoms. The van der Waals surface area contributed by atoms with Crippen molar-refractivity contribution in [2.24, 2.45) is 11.7 Å². The summed E-state index contributed by atoms with van der Waals surface area (Å²) < 4.78 is 4.34. The second-order valence-electron chi connectivity index (χ2n) is 4.44. The molecular weight excluding hydrogens is 220 g/mol. The zero-order chi connectivity index (χ0) is 11.4. The van der Waals surface area contributed by atoms with Gasteiger partial charge in [0.2, 0.25) is 5.13 Å².